The van der Waals surface area contributed by atoms with E-state index in [-0.39, 0.29) is 20.8 Å². The summed E-state index contributed by atoms with van der Waals surface area (Å²) in [6.07, 6.45) is 0. The molecule has 0 radical (unpaired) electrons. The lowest BCUT2D eigenvalue weighted by atomic mass is 10.2. The molecule has 0 saturated heterocycles. The number of sulfonamides is 1. The largest absolute Gasteiger partial charge is 0.355 e. The van der Waals surface area contributed by atoms with Gasteiger partial charge in [-0.2, -0.15) is 0 Å². The Morgan fingerprint density at radius 2 is 1.55 bits per heavy atom. The first-order chi connectivity index (χ1) is 10.3. The molecule has 0 aliphatic heterocycles. The Kier molecular flexibility index (Phi) is 4.95. The Hall–Kier alpha value is -1.76. The fourth-order valence-electron chi connectivity index (χ4n) is 1.73. The molecule has 2 aromatic carbocycles. The van der Waals surface area contributed by atoms with Gasteiger partial charge in [0.1, 0.15) is 0 Å². The summed E-state index contributed by atoms with van der Waals surface area (Å²) in [6.45, 7) is 0. The minimum absolute atomic E-state index is 0.0413. The third-order valence-corrected chi connectivity index (χ3v) is 4.57. The maximum Gasteiger partial charge on any atom is 0.261 e. The van der Waals surface area contributed by atoms with Crippen molar-refractivity contribution in [1.29, 1.82) is 0 Å². The molecule has 2 rings (SSSR count). The lowest BCUT2D eigenvalue weighted by Gasteiger charge is -2.09. The summed E-state index contributed by atoms with van der Waals surface area (Å²) in [5.74, 6) is -0.254. The Morgan fingerprint density at radius 1 is 1.00 bits per heavy atom. The second-order valence-corrected chi connectivity index (χ2v) is 6.92. The van der Waals surface area contributed by atoms with Gasteiger partial charge in [0.15, 0.2) is 0 Å². The van der Waals surface area contributed by atoms with Crippen LogP contribution in [0.2, 0.25) is 10.0 Å². The SMILES string of the molecule is CNC(=O)c1ccc(NS(=O)(=O)c2cc(Cl)cc(Cl)c2)cc1. The summed E-state index contributed by atoms with van der Waals surface area (Å²) in [5, 5.41) is 2.93. The molecule has 0 fully saturated rings. The molecule has 22 heavy (non-hydrogen) atoms. The number of halogens is 2. The first-order valence-electron chi connectivity index (χ1n) is 6.13. The molecule has 0 heterocycles. The molecule has 2 N–H and O–H groups in total. The first kappa shape index (κ1) is 16.6. The van der Waals surface area contributed by atoms with E-state index in [4.69, 9.17) is 23.2 Å². The van der Waals surface area contributed by atoms with E-state index in [2.05, 4.69) is 10.0 Å². The predicted octanol–water partition coefficient (Wildman–Crippen LogP) is 3.15. The second kappa shape index (κ2) is 6.56. The summed E-state index contributed by atoms with van der Waals surface area (Å²) in [6, 6.07) is 10.1. The normalized spacial score (nSPS) is 11.0. The van der Waals surface area contributed by atoms with Crippen LogP contribution in [0.5, 0.6) is 0 Å². The average Bonchev–Trinajstić information content (AvgIpc) is 2.46. The summed E-state index contributed by atoms with van der Waals surface area (Å²) in [4.78, 5) is 11.4. The number of anilines is 1. The number of hydrogen-bond acceptors (Lipinski definition) is 3. The van der Waals surface area contributed by atoms with Gasteiger partial charge in [0.2, 0.25) is 0 Å². The second-order valence-electron chi connectivity index (χ2n) is 4.37. The molecule has 0 aromatic heterocycles. The van der Waals surface area contributed by atoms with Crippen molar-refractivity contribution in [2.75, 3.05) is 11.8 Å². The molecular weight excluding hydrogens is 347 g/mol. The number of carbonyl (C=O) groups excluding carboxylic acids is 1. The topological polar surface area (TPSA) is 75.3 Å². The standard InChI is InChI=1S/C14H12Cl2N2O3S/c1-17-14(19)9-2-4-12(5-3-9)18-22(20,21)13-7-10(15)6-11(16)8-13/h2-8,18H,1H3,(H,17,19). The van der Waals surface area contributed by atoms with Crippen LogP contribution < -0.4 is 10.0 Å². The zero-order valence-electron chi connectivity index (χ0n) is 11.4. The Morgan fingerprint density at radius 3 is 2.05 bits per heavy atom. The highest BCUT2D eigenvalue weighted by Gasteiger charge is 2.16. The Bertz CT molecular complexity index is 785. The molecule has 116 valence electrons. The lowest BCUT2D eigenvalue weighted by Crippen LogP contribution is -2.18. The van der Waals surface area contributed by atoms with Crippen molar-refractivity contribution in [3.8, 4) is 0 Å². The number of hydrogen-bond donors (Lipinski definition) is 2. The van der Waals surface area contributed by atoms with E-state index in [0.29, 0.717) is 11.3 Å². The Balaban J connectivity index is 2.27. The van der Waals surface area contributed by atoms with Gasteiger partial charge in [0, 0.05) is 28.3 Å². The van der Waals surface area contributed by atoms with E-state index in [9.17, 15) is 13.2 Å². The highest BCUT2D eigenvalue weighted by atomic mass is 35.5. The summed E-state index contributed by atoms with van der Waals surface area (Å²) in [5.41, 5.74) is 0.750. The highest BCUT2D eigenvalue weighted by Crippen LogP contribution is 2.24. The molecule has 0 unspecified atom stereocenters. The molecule has 8 heteroatoms. The molecule has 5 nitrogen and oxygen atoms in total. The van der Waals surface area contributed by atoms with Crippen molar-refractivity contribution in [3.05, 3.63) is 58.1 Å². The molecular formula is C14H12Cl2N2O3S. The number of benzene rings is 2. The Labute approximate surface area is 138 Å². The van der Waals surface area contributed by atoms with Gasteiger partial charge in [-0.15, -0.1) is 0 Å². The van der Waals surface area contributed by atoms with E-state index < -0.39 is 10.0 Å². The molecule has 0 saturated carbocycles. The van der Waals surface area contributed by atoms with Crippen molar-refractivity contribution < 1.29 is 13.2 Å². The van der Waals surface area contributed by atoms with Crippen LogP contribution in [-0.4, -0.2) is 21.4 Å². The van der Waals surface area contributed by atoms with Crippen LogP contribution in [0.4, 0.5) is 5.69 Å². The molecule has 2 aromatic rings. The molecule has 0 aliphatic rings. The number of rotatable bonds is 4. The van der Waals surface area contributed by atoms with Crippen molar-refractivity contribution in [3.63, 3.8) is 0 Å². The van der Waals surface area contributed by atoms with Crippen LogP contribution in [0.3, 0.4) is 0 Å². The summed E-state index contributed by atoms with van der Waals surface area (Å²) < 4.78 is 26.9. The molecule has 0 aliphatic carbocycles. The van der Waals surface area contributed by atoms with Crippen LogP contribution >= 0.6 is 23.2 Å². The lowest BCUT2D eigenvalue weighted by molar-refractivity contribution is 0.0963. The van der Waals surface area contributed by atoms with Crippen molar-refractivity contribution >= 4 is 44.8 Å². The highest BCUT2D eigenvalue weighted by molar-refractivity contribution is 7.92. The third kappa shape index (κ3) is 3.91. The van der Waals surface area contributed by atoms with Crippen LogP contribution in [0.25, 0.3) is 0 Å². The van der Waals surface area contributed by atoms with Gasteiger partial charge in [-0.1, -0.05) is 23.2 Å². The smallest absolute Gasteiger partial charge is 0.261 e. The number of nitrogens with one attached hydrogen (secondary N) is 2. The average molecular weight is 359 g/mol. The van der Waals surface area contributed by atoms with E-state index in [1.54, 1.807) is 0 Å². The molecule has 0 bridgehead atoms. The van der Waals surface area contributed by atoms with E-state index in [1.807, 2.05) is 0 Å². The van der Waals surface area contributed by atoms with Crippen LogP contribution in [0.1, 0.15) is 10.4 Å². The first-order valence-corrected chi connectivity index (χ1v) is 8.37. The number of amides is 1. The van der Waals surface area contributed by atoms with Crippen molar-refractivity contribution in [2.24, 2.45) is 0 Å². The minimum atomic E-state index is -3.82. The molecule has 1 amide bonds. The van der Waals surface area contributed by atoms with E-state index in [0.717, 1.165) is 0 Å². The van der Waals surface area contributed by atoms with Crippen LogP contribution in [0, 0.1) is 0 Å². The van der Waals surface area contributed by atoms with E-state index in [1.165, 1.54) is 49.5 Å². The van der Waals surface area contributed by atoms with Gasteiger partial charge in [-0.3, -0.25) is 9.52 Å². The van der Waals surface area contributed by atoms with Gasteiger partial charge in [0.05, 0.1) is 4.90 Å². The monoisotopic (exact) mass is 358 g/mol. The van der Waals surface area contributed by atoms with Gasteiger partial charge < -0.3 is 5.32 Å². The zero-order valence-corrected chi connectivity index (χ0v) is 13.8. The maximum absolute atomic E-state index is 12.3. The van der Waals surface area contributed by atoms with Gasteiger partial charge >= 0.3 is 0 Å². The van der Waals surface area contributed by atoms with E-state index >= 15 is 0 Å². The van der Waals surface area contributed by atoms with Crippen molar-refractivity contribution in [2.45, 2.75) is 4.90 Å². The fraction of sp³-hybridized carbons (Fsp3) is 0.0714. The van der Waals surface area contributed by atoms with Gasteiger partial charge in [-0.25, -0.2) is 8.42 Å². The molecule has 0 atom stereocenters. The molecule has 0 spiro atoms. The number of carbonyl (C=O) groups is 1. The third-order valence-electron chi connectivity index (χ3n) is 2.77. The maximum atomic E-state index is 12.3. The van der Waals surface area contributed by atoms with Crippen LogP contribution in [0.15, 0.2) is 47.4 Å². The van der Waals surface area contributed by atoms with Gasteiger partial charge in [-0.05, 0) is 42.5 Å². The summed E-state index contributed by atoms with van der Waals surface area (Å²) >= 11 is 11.6. The summed E-state index contributed by atoms with van der Waals surface area (Å²) in [7, 11) is -2.30. The quantitative estimate of drug-likeness (QED) is 0.881. The predicted molar refractivity (Wildman–Crippen MR) is 87.1 cm³/mol. The van der Waals surface area contributed by atoms with Crippen LogP contribution in [-0.2, 0) is 10.0 Å². The van der Waals surface area contributed by atoms with Crippen molar-refractivity contribution in [1.82, 2.24) is 5.32 Å². The van der Waals surface area contributed by atoms with Gasteiger partial charge in [0.25, 0.3) is 15.9 Å². The minimum Gasteiger partial charge on any atom is -0.355 e. The fourth-order valence-corrected chi connectivity index (χ4v) is 3.52. The zero-order chi connectivity index (χ0) is 16.3.